The molecular weight excluding hydrogens is 216 g/mol. The Bertz CT molecular complexity index is 498. The molecule has 0 saturated carbocycles. The Balaban J connectivity index is 2.04. The van der Waals surface area contributed by atoms with E-state index in [1.807, 2.05) is 24.3 Å². The zero-order chi connectivity index (χ0) is 10.3. The molecule has 0 aliphatic carbocycles. The van der Waals surface area contributed by atoms with Crippen molar-refractivity contribution in [3.05, 3.63) is 41.0 Å². The minimum atomic E-state index is 0.0254. The van der Waals surface area contributed by atoms with Gasteiger partial charge >= 0.3 is 5.35 Å². The van der Waals surface area contributed by atoms with Gasteiger partial charge in [0.05, 0.1) is 5.92 Å². The molecule has 2 aromatic rings. The Kier molecular flexibility index (Phi) is 1.89. The number of rotatable bonds is 1. The number of hydrogen-bond donors (Lipinski definition) is 0. The number of benzene rings is 1. The van der Waals surface area contributed by atoms with Crippen LogP contribution in [0, 0.1) is 0 Å². The third-order valence-corrected chi connectivity index (χ3v) is 2.58. The molecule has 0 radical (unpaired) electrons. The highest BCUT2D eigenvalue weighted by Gasteiger charge is 2.29. The van der Waals surface area contributed by atoms with E-state index in [-0.39, 0.29) is 11.3 Å². The molecule has 2 heterocycles. The zero-order valence-electron chi connectivity index (χ0n) is 7.68. The van der Waals surface area contributed by atoms with Crippen LogP contribution in [0.4, 0.5) is 0 Å². The van der Waals surface area contributed by atoms with E-state index in [0.29, 0.717) is 12.4 Å². The van der Waals surface area contributed by atoms with Gasteiger partial charge in [0.15, 0.2) is 5.82 Å². The maximum atomic E-state index is 5.58. The van der Waals surface area contributed by atoms with Gasteiger partial charge in [0, 0.05) is 5.56 Å². The third kappa shape index (κ3) is 1.37. The van der Waals surface area contributed by atoms with E-state index in [1.165, 1.54) is 0 Å². The van der Waals surface area contributed by atoms with Crippen molar-refractivity contribution in [1.29, 1.82) is 0 Å². The van der Waals surface area contributed by atoms with Crippen molar-refractivity contribution in [2.45, 2.75) is 5.92 Å². The molecule has 0 bridgehead atoms. The SMILES string of the molecule is Clc1nc(C2COc3ccccc32)no1. The number of fused-ring (bicyclic) bond motifs is 1. The number of aromatic nitrogens is 2. The molecule has 3 rings (SSSR count). The predicted molar refractivity (Wildman–Crippen MR) is 53.1 cm³/mol. The molecule has 1 aliphatic rings. The molecule has 0 N–H and O–H groups in total. The van der Waals surface area contributed by atoms with E-state index in [0.717, 1.165) is 11.3 Å². The second-order valence-electron chi connectivity index (χ2n) is 3.31. The quantitative estimate of drug-likeness (QED) is 0.743. The van der Waals surface area contributed by atoms with E-state index >= 15 is 0 Å². The predicted octanol–water partition coefficient (Wildman–Crippen LogP) is 2.25. The first-order valence-corrected chi connectivity index (χ1v) is 4.93. The molecule has 0 saturated heterocycles. The monoisotopic (exact) mass is 222 g/mol. The van der Waals surface area contributed by atoms with Gasteiger partial charge in [-0.25, -0.2) is 0 Å². The summed E-state index contributed by atoms with van der Waals surface area (Å²) >= 11 is 5.58. The van der Waals surface area contributed by atoms with Crippen molar-refractivity contribution < 1.29 is 9.26 Å². The minimum Gasteiger partial charge on any atom is -0.492 e. The molecule has 1 atom stereocenters. The zero-order valence-corrected chi connectivity index (χ0v) is 8.44. The Labute approximate surface area is 90.8 Å². The largest absolute Gasteiger partial charge is 0.492 e. The topological polar surface area (TPSA) is 48.2 Å². The lowest BCUT2D eigenvalue weighted by Crippen LogP contribution is -2.04. The molecule has 15 heavy (non-hydrogen) atoms. The summed E-state index contributed by atoms with van der Waals surface area (Å²) < 4.78 is 10.3. The summed E-state index contributed by atoms with van der Waals surface area (Å²) in [6.07, 6.45) is 0. The molecule has 0 fully saturated rings. The number of ether oxygens (including phenoxy) is 1. The van der Waals surface area contributed by atoms with Crippen LogP contribution in [0.5, 0.6) is 5.75 Å². The first kappa shape index (κ1) is 8.73. The van der Waals surface area contributed by atoms with E-state index in [4.69, 9.17) is 20.9 Å². The second-order valence-corrected chi connectivity index (χ2v) is 3.63. The van der Waals surface area contributed by atoms with Crippen molar-refractivity contribution in [3.8, 4) is 5.75 Å². The molecule has 0 spiro atoms. The number of nitrogens with zero attached hydrogens (tertiary/aromatic N) is 2. The molecule has 1 aromatic carbocycles. The van der Waals surface area contributed by atoms with Crippen LogP contribution in [0.15, 0.2) is 28.8 Å². The van der Waals surface area contributed by atoms with Gasteiger partial charge < -0.3 is 9.26 Å². The van der Waals surface area contributed by atoms with Crippen molar-refractivity contribution in [1.82, 2.24) is 10.1 Å². The van der Waals surface area contributed by atoms with Gasteiger partial charge in [0.1, 0.15) is 12.4 Å². The Morgan fingerprint density at radius 3 is 3.00 bits per heavy atom. The highest BCUT2D eigenvalue weighted by atomic mass is 35.5. The van der Waals surface area contributed by atoms with Gasteiger partial charge in [-0.3, -0.25) is 0 Å². The molecule has 1 aromatic heterocycles. The van der Waals surface area contributed by atoms with Crippen LogP contribution in [0.2, 0.25) is 5.35 Å². The van der Waals surface area contributed by atoms with E-state index in [1.54, 1.807) is 0 Å². The number of halogens is 1. The lowest BCUT2D eigenvalue weighted by atomic mass is 10.0. The van der Waals surface area contributed by atoms with Gasteiger partial charge in [-0.1, -0.05) is 23.4 Å². The summed E-state index contributed by atoms with van der Waals surface area (Å²) in [6, 6.07) is 7.82. The van der Waals surface area contributed by atoms with Gasteiger partial charge in [0.25, 0.3) is 0 Å². The summed E-state index contributed by atoms with van der Waals surface area (Å²) in [7, 11) is 0. The van der Waals surface area contributed by atoms with Gasteiger partial charge in [0.2, 0.25) is 0 Å². The number of hydrogen-bond acceptors (Lipinski definition) is 4. The van der Waals surface area contributed by atoms with E-state index < -0.39 is 0 Å². The van der Waals surface area contributed by atoms with Crippen molar-refractivity contribution in [2.75, 3.05) is 6.61 Å². The number of para-hydroxylation sites is 1. The van der Waals surface area contributed by atoms with Crippen LogP contribution < -0.4 is 4.74 Å². The molecule has 1 unspecified atom stereocenters. The second kappa shape index (κ2) is 3.24. The van der Waals surface area contributed by atoms with Crippen LogP contribution in [0.3, 0.4) is 0 Å². The summed E-state index contributed by atoms with van der Waals surface area (Å²) in [5.41, 5.74) is 1.08. The average molecular weight is 223 g/mol. The molecule has 4 nitrogen and oxygen atoms in total. The fraction of sp³-hybridized carbons (Fsp3) is 0.200. The van der Waals surface area contributed by atoms with Crippen molar-refractivity contribution >= 4 is 11.6 Å². The highest BCUT2D eigenvalue weighted by molar-refractivity contribution is 6.27. The van der Waals surface area contributed by atoms with Gasteiger partial charge in [-0.15, -0.1) is 0 Å². The third-order valence-electron chi connectivity index (χ3n) is 2.43. The smallest absolute Gasteiger partial charge is 0.320 e. The average Bonchev–Trinajstić information content (AvgIpc) is 2.83. The van der Waals surface area contributed by atoms with E-state index in [2.05, 4.69) is 10.1 Å². The fourth-order valence-electron chi connectivity index (χ4n) is 1.73. The summed E-state index contributed by atoms with van der Waals surface area (Å²) in [5.74, 6) is 1.48. The van der Waals surface area contributed by atoms with Gasteiger partial charge in [-0.05, 0) is 17.7 Å². The lowest BCUT2D eigenvalue weighted by molar-refractivity contribution is 0.334. The standard InChI is InChI=1S/C10H7ClN2O2/c11-10-12-9(13-15-10)7-5-14-8-4-2-1-3-6(7)8/h1-4,7H,5H2. The molecule has 76 valence electrons. The first-order chi connectivity index (χ1) is 7.34. The highest BCUT2D eigenvalue weighted by Crippen LogP contribution is 2.36. The first-order valence-electron chi connectivity index (χ1n) is 4.55. The van der Waals surface area contributed by atoms with Gasteiger partial charge in [-0.2, -0.15) is 4.98 Å². The van der Waals surface area contributed by atoms with Crippen LogP contribution in [0.25, 0.3) is 0 Å². The summed E-state index contributed by atoms with van der Waals surface area (Å²) in [5, 5.41) is 3.86. The Hall–Kier alpha value is -1.55. The Morgan fingerprint density at radius 2 is 2.20 bits per heavy atom. The van der Waals surface area contributed by atoms with Crippen LogP contribution in [-0.2, 0) is 0 Å². The maximum Gasteiger partial charge on any atom is 0.320 e. The fourth-order valence-corrected chi connectivity index (χ4v) is 1.85. The minimum absolute atomic E-state index is 0.0254. The van der Waals surface area contributed by atoms with Crippen LogP contribution >= 0.6 is 11.6 Å². The summed E-state index contributed by atoms with van der Waals surface area (Å²) in [6.45, 7) is 0.537. The molecule has 5 heteroatoms. The van der Waals surface area contributed by atoms with Crippen molar-refractivity contribution in [3.63, 3.8) is 0 Å². The molecule has 1 aliphatic heterocycles. The van der Waals surface area contributed by atoms with Crippen LogP contribution in [-0.4, -0.2) is 16.7 Å². The summed E-state index contributed by atoms with van der Waals surface area (Å²) in [4.78, 5) is 4.00. The maximum absolute atomic E-state index is 5.58. The van der Waals surface area contributed by atoms with Crippen LogP contribution in [0.1, 0.15) is 17.3 Å². The normalized spacial score (nSPS) is 18.6. The van der Waals surface area contributed by atoms with E-state index in [9.17, 15) is 0 Å². The molecular formula is C10H7ClN2O2. The Morgan fingerprint density at radius 1 is 1.33 bits per heavy atom. The molecule has 0 amide bonds. The lowest BCUT2D eigenvalue weighted by Gasteiger charge is -2.00. The van der Waals surface area contributed by atoms with Crippen molar-refractivity contribution in [2.24, 2.45) is 0 Å².